The van der Waals surface area contributed by atoms with Crippen molar-refractivity contribution in [2.45, 2.75) is 39.2 Å². The molecule has 1 aliphatic rings. The molecular weight excluding hydrogens is 266 g/mol. The molecule has 0 aromatic heterocycles. The molecule has 2 unspecified atom stereocenters. The van der Waals surface area contributed by atoms with Crippen molar-refractivity contribution in [3.63, 3.8) is 0 Å². The summed E-state index contributed by atoms with van der Waals surface area (Å²) in [5.41, 5.74) is 1.41. The van der Waals surface area contributed by atoms with Crippen LogP contribution in [0.1, 0.15) is 44.7 Å². The fraction of sp³-hybridized carbons (Fsp3) is 0.647. The molecule has 0 radical (unpaired) electrons. The molecule has 0 bridgehead atoms. The summed E-state index contributed by atoms with van der Waals surface area (Å²) in [5.74, 6) is 4.36. The van der Waals surface area contributed by atoms with Gasteiger partial charge in [-0.05, 0) is 60.9 Å². The third-order valence-electron chi connectivity index (χ3n) is 3.76. The van der Waals surface area contributed by atoms with E-state index in [2.05, 4.69) is 55.2 Å². The van der Waals surface area contributed by atoms with Crippen molar-refractivity contribution in [2.24, 2.45) is 5.92 Å². The third-order valence-corrected chi connectivity index (χ3v) is 4.95. The van der Waals surface area contributed by atoms with Crippen molar-refractivity contribution in [3.05, 3.63) is 29.8 Å². The second-order valence-corrected chi connectivity index (χ2v) is 6.62. The summed E-state index contributed by atoms with van der Waals surface area (Å²) in [6.45, 7) is 6.27. The van der Waals surface area contributed by atoms with Crippen molar-refractivity contribution < 1.29 is 4.74 Å². The van der Waals surface area contributed by atoms with Crippen molar-refractivity contribution in [1.29, 1.82) is 0 Å². The number of benzene rings is 1. The SMILES string of the molecule is CCCNC(c1ccc(OCCC)cc1)C1CCSC1. The third kappa shape index (κ3) is 4.42. The summed E-state index contributed by atoms with van der Waals surface area (Å²) in [5, 5.41) is 3.74. The molecule has 0 aliphatic carbocycles. The Morgan fingerprint density at radius 1 is 1.25 bits per heavy atom. The first-order valence-corrected chi connectivity index (χ1v) is 9.04. The lowest BCUT2D eigenvalue weighted by atomic mass is 9.92. The van der Waals surface area contributed by atoms with Gasteiger partial charge in [0.05, 0.1) is 6.61 Å². The molecule has 2 nitrogen and oxygen atoms in total. The minimum Gasteiger partial charge on any atom is -0.494 e. The van der Waals surface area contributed by atoms with Gasteiger partial charge < -0.3 is 10.1 Å². The van der Waals surface area contributed by atoms with E-state index < -0.39 is 0 Å². The summed E-state index contributed by atoms with van der Waals surface area (Å²) >= 11 is 2.09. The first-order chi connectivity index (χ1) is 9.85. The highest BCUT2D eigenvalue weighted by Gasteiger charge is 2.26. The average molecular weight is 293 g/mol. The van der Waals surface area contributed by atoms with E-state index in [1.165, 1.54) is 29.9 Å². The molecular formula is C17H27NOS. The highest BCUT2D eigenvalue weighted by molar-refractivity contribution is 7.99. The Bertz CT molecular complexity index is 373. The zero-order valence-corrected chi connectivity index (χ0v) is 13.5. The second-order valence-electron chi connectivity index (χ2n) is 5.47. The molecule has 20 heavy (non-hydrogen) atoms. The van der Waals surface area contributed by atoms with Crippen molar-refractivity contribution in [1.82, 2.24) is 5.32 Å². The van der Waals surface area contributed by atoms with Crippen molar-refractivity contribution in [3.8, 4) is 5.75 Å². The van der Waals surface area contributed by atoms with Gasteiger partial charge >= 0.3 is 0 Å². The molecule has 3 heteroatoms. The van der Waals surface area contributed by atoms with Crippen LogP contribution in [0.3, 0.4) is 0 Å². The van der Waals surface area contributed by atoms with E-state index in [-0.39, 0.29) is 0 Å². The largest absolute Gasteiger partial charge is 0.494 e. The Morgan fingerprint density at radius 2 is 2.05 bits per heavy atom. The zero-order chi connectivity index (χ0) is 14.2. The standard InChI is InChI=1S/C17H27NOS/c1-3-10-18-17(15-9-12-20-13-15)14-5-7-16(8-6-14)19-11-4-2/h5-8,15,17-18H,3-4,9-13H2,1-2H3. The van der Waals surface area contributed by atoms with Crippen LogP contribution >= 0.6 is 11.8 Å². The Hall–Kier alpha value is -0.670. The highest BCUT2D eigenvalue weighted by Crippen LogP contribution is 2.34. The molecule has 2 atom stereocenters. The van der Waals surface area contributed by atoms with Gasteiger partial charge in [-0.3, -0.25) is 0 Å². The van der Waals surface area contributed by atoms with Gasteiger partial charge in [-0.15, -0.1) is 0 Å². The molecule has 112 valence electrons. The van der Waals surface area contributed by atoms with E-state index in [1.54, 1.807) is 0 Å². The lowest BCUT2D eigenvalue weighted by Gasteiger charge is -2.25. The Balaban J connectivity index is 2.03. The minimum absolute atomic E-state index is 0.505. The van der Waals surface area contributed by atoms with E-state index in [9.17, 15) is 0 Å². The molecule has 2 rings (SSSR count). The van der Waals surface area contributed by atoms with Crippen LogP contribution in [0, 0.1) is 5.92 Å². The summed E-state index contributed by atoms with van der Waals surface area (Å²) in [6.07, 6.45) is 3.58. The molecule has 1 aromatic carbocycles. The van der Waals surface area contributed by atoms with E-state index in [0.29, 0.717) is 6.04 Å². The van der Waals surface area contributed by atoms with Crippen LogP contribution in [0.15, 0.2) is 24.3 Å². The Kier molecular flexibility index (Phi) is 6.74. The number of thioether (sulfide) groups is 1. The predicted octanol–water partition coefficient (Wildman–Crippen LogP) is 4.27. The average Bonchev–Trinajstić information content (AvgIpc) is 3.01. The van der Waals surface area contributed by atoms with Gasteiger partial charge in [0.25, 0.3) is 0 Å². The van der Waals surface area contributed by atoms with Gasteiger partial charge in [0.15, 0.2) is 0 Å². The number of ether oxygens (including phenoxy) is 1. The first-order valence-electron chi connectivity index (χ1n) is 7.89. The maximum Gasteiger partial charge on any atom is 0.119 e. The van der Waals surface area contributed by atoms with Gasteiger partial charge in [-0.25, -0.2) is 0 Å². The summed E-state index contributed by atoms with van der Waals surface area (Å²) in [7, 11) is 0. The Morgan fingerprint density at radius 3 is 2.65 bits per heavy atom. The molecule has 1 fully saturated rings. The van der Waals surface area contributed by atoms with Gasteiger partial charge in [0.2, 0.25) is 0 Å². The Labute approximate surface area is 127 Å². The van der Waals surface area contributed by atoms with Crippen LogP contribution in [0.4, 0.5) is 0 Å². The number of nitrogens with one attached hydrogen (secondary N) is 1. The molecule has 0 amide bonds. The summed E-state index contributed by atoms with van der Waals surface area (Å²) in [4.78, 5) is 0. The quantitative estimate of drug-likeness (QED) is 0.773. The van der Waals surface area contributed by atoms with E-state index in [1.807, 2.05) is 0 Å². The lowest BCUT2D eigenvalue weighted by Crippen LogP contribution is -2.29. The maximum absolute atomic E-state index is 5.67. The number of hydrogen-bond donors (Lipinski definition) is 1. The topological polar surface area (TPSA) is 21.3 Å². The van der Waals surface area contributed by atoms with E-state index >= 15 is 0 Å². The van der Waals surface area contributed by atoms with Crippen LogP contribution in [0.2, 0.25) is 0 Å². The molecule has 0 saturated carbocycles. The van der Waals surface area contributed by atoms with Gasteiger partial charge in [0.1, 0.15) is 5.75 Å². The number of rotatable bonds is 8. The monoisotopic (exact) mass is 293 g/mol. The summed E-state index contributed by atoms with van der Waals surface area (Å²) < 4.78 is 5.67. The molecule has 1 aliphatic heterocycles. The van der Waals surface area contributed by atoms with Gasteiger partial charge in [-0.1, -0.05) is 26.0 Å². The van der Waals surface area contributed by atoms with Crippen LogP contribution in [0.25, 0.3) is 0 Å². The van der Waals surface area contributed by atoms with Crippen LogP contribution < -0.4 is 10.1 Å². The summed E-state index contributed by atoms with van der Waals surface area (Å²) in [6, 6.07) is 9.22. The smallest absolute Gasteiger partial charge is 0.119 e. The van der Waals surface area contributed by atoms with Crippen molar-refractivity contribution in [2.75, 3.05) is 24.7 Å². The minimum atomic E-state index is 0.505. The molecule has 1 aromatic rings. The zero-order valence-electron chi connectivity index (χ0n) is 12.7. The van der Waals surface area contributed by atoms with Gasteiger partial charge in [0, 0.05) is 6.04 Å². The fourth-order valence-corrected chi connectivity index (χ4v) is 3.96. The fourth-order valence-electron chi connectivity index (χ4n) is 2.66. The van der Waals surface area contributed by atoms with E-state index in [4.69, 9.17) is 4.74 Å². The molecule has 1 N–H and O–H groups in total. The van der Waals surface area contributed by atoms with Crippen molar-refractivity contribution >= 4 is 11.8 Å². The molecule has 1 heterocycles. The number of hydrogen-bond acceptors (Lipinski definition) is 3. The van der Waals surface area contributed by atoms with E-state index in [0.717, 1.165) is 31.2 Å². The lowest BCUT2D eigenvalue weighted by molar-refractivity contribution is 0.317. The molecule has 0 spiro atoms. The van der Waals surface area contributed by atoms with Gasteiger partial charge in [-0.2, -0.15) is 11.8 Å². The van der Waals surface area contributed by atoms with Crippen LogP contribution in [-0.4, -0.2) is 24.7 Å². The second kappa shape index (κ2) is 8.58. The highest BCUT2D eigenvalue weighted by atomic mass is 32.2. The normalized spacial score (nSPS) is 20.0. The van der Waals surface area contributed by atoms with Crippen LogP contribution in [-0.2, 0) is 0 Å². The first kappa shape index (κ1) is 15.7. The maximum atomic E-state index is 5.67. The van der Waals surface area contributed by atoms with Crippen LogP contribution in [0.5, 0.6) is 5.75 Å². The predicted molar refractivity (Wildman–Crippen MR) is 88.7 cm³/mol. The molecule has 1 saturated heterocycles.